The standard InChI is InChI=1S/C24H21NO3.C23H18ClNO3.C23H20ClNO3.C23H17F3N2O3.C21H14F3N3O3/c1-15-8-7-13-20(16(15)2)25-21-12-6-5-11-19(21)22(26)14-23-17-9-3-4-10-18(17)24(27)28-23;1-14-18(24)10-6-12-19(14)25-20-11-5-4-9-17(20)21(26)13-22-15-7-2-3-8-16(15)23(27)28-22;1-15-19(24)10-6-12-20(15)25-21-11-5-4-9-18(21)22(26)14-13-16-7-2-3-8-17(16)23(27)28;1-31-22(30)18-9-3-2-6-15(18)11-12-20(29)19-10-5-13-27-21(19)28-17-8-4-7-16(14-17)23(24,25)26;22-21(23,24)12-4-1-5-13(10-12)27-19-14(6-2-9-26-19)16(28)11-17-15-7-3-8-25-18(15)20(29)30-17/h3-13,23,25H,14H2,1-2H3;2-12,22,25H,13H2,1H3;2-12,25H,13-14H2,1H3,(H,27,28);2-14H,1H3,(H,27,28);1-10,17H,11H2,(H,26,27)/b;;;12-11+;. The van der Waals surface area contributed by atoms with Crippen molar-refractivity contribution in [2.45, 2.75) is 90.5 Å². The summed E-state index contributed by atoms with van der Waals surface area (Å²) < 4.78 is 98.5. The van der Waals surface area contributed by atoms with E-state index in [0.29, 0.717) is 77.9 Å². The molecule has 0 bridgehead atoms. The SMILES string of the molecule is COC(=O)c1ccccc1/C=C/C(=O)c1cccnc1Nc1cccc(C(F)(F)F)c1.Cc1c(Cl)cccc1Nc1ccccc1C(=O)CC1OC(=O)c2ccccc21.Cc1c(Cl)cccc1Nc1ccccc1C(=O)CCc1ccccc1C(=O)O.Cc1cccc(Nc2ccccc2C(=O)CC2OC(=O)c3ccccc32)c1C.O=C(CC1OC(=O)c2ncccc21)c1cccnc1Nc1cccc(C(F)(F)F)c1. The molecule has 0 spiro atoms. The molecule has 15 aromatic rings. The number of aryl methyl sites for hydroxylation is 2. The average Bonchev–Trinajstić information content (AvgIpc) is 1.65. The molecule has 3 aliphatic rings. The largest absolute Gasteiger partial charge is 0.478 e. The van der Waals surface area contributed by atoms with Gasteiger partial charge in [0, 0.05) is 114 Å². The van der Waals surface area contributed by atoms with E-state index in [0.717, 1.165) is 74.8 Å². The molecule has 732 valence electrons. The van der Waals surface area contributed by atoms with Crippen molar-refractivity contribution in [1.82, 2.24) is 15.0 Å². The van der Waals surface area contributed by atoms with Crippen molar-refractivity contribution in [3.05, 3.63) is 461 Å². The maximum absolute atomic E-state index is 13.0. The highest BCUT2D eigenvalue weighted by atomic mass is 35.5. The quantitative estimate of drug-likeness (QED) is 0.00872. The van der Waals surface area contributed by atoms with Crippen molar-refractivity contribution in [3.63, 3.8) is 0 Å². The monoisotopic (exact) mass is 1990 g/mol. The van der Waals surface area contributed by atoms with Gasteiger partial charge in [0.05, 0.1) is 70.9 Å². The fraction of sp³-hybridized carbons (Fsp3) is 0.132. The summed E-state index contributed by atoms with van der Waals surface area (Å²) in [7, 11) is 1.26. The molecule has 3 unspecified atom stereocenters. The number of Topliss-reactive ketones (excluding diaryl/α,β-unsaturated/α-hetero) is 4. The number of allylic oxidation sites excluding steroid dienone is 1. The van der Waals surface area contributed by atoms with E-state index in [1.165, 1.54) is 79.8 Å². The molecule has 3 aromatic heterocycles. The Labute approximate surface area is 838 Å². The Balaban J connectivity index is 0.000000144. The van der Waals surface area contributed by atoms with Gasteiger partial charge in [-0.1, -0.05) is 181 Å². The number of pyridine rings is 3. The van der Waals surface area contributed by atoms with Crippen LogP contribution in [0.25, 0.3) is 6.08 Å². The minimum Gasteiger partial charge on any atom is -0.478 e. The summed E-state index contributed by atoms with van der Waals surface area (Å²) in [5, 5.41) is 26.1. The Hall–Kier alpha value is -17.3. The number of ether oxygens (including phenoxy) is 4. The Bertz CT molecular complexity index is 7300. The van der Waals surface area contributed by atoms with Gasteiger partial charge in [0.25, 0.3) is 0 Å². The van der Waals surface area contributed by atoms with E-state index in [1.54, 1.807) is 115 Å². The van der Waals surface area contributed by atoms with Crippen LogP contribution in [0.5, 0.6) is 0 Å². The van der Waals surface area contributed by atoms with Crippen LogP contribution in [0.1, 0.15) is 209 Å². The van der Waals surface area contributed by atoms with Gasteiger partial charge in [0.1, 0.15) is 29.9 Å². The number of carboxylic acid groups (broad SMARTS) is 1. The topological polar surface area (TPSA) is 327 Å². The predicted molar refractivity (Wildman–Crippen MR) is 541 cm³/mol. The van der Waals surface area contributed by atoms with Gasteiger partial charge in [0.2, 0.25) is 0 Å². The van der Waals surface area contributed by atoms with Gasteiger partial charge in [-0.05, 0) is 231 Å². The lowest BCUT2D eigenvalue weighted by molar-refractivity contribution is -0.138. The van der Waals surface area contributed by atoms with Crippen LogP contribution in [0.4, 0.5) is 83.5 Å². The Kier molecular flexibility index (Phi) is 33.8. The summed E-state index contributed by atoms with van der Waals surface area (Å²) in [5.41, 5.74) is 14.6. The number of rotatable bonds is 28. The Morgan fingerprint density at radius 2 is 0.766 bits per heavy atom. The van der Waals surface area contributed by atoms with Crippen molar-refractivity contribution in [1.29, 1.82) is 0 Å². The number of nitrogens with one attached hydrogen (secondary N) is 5. The van der Waals surface area contributed by atoms with Gasteiger partial charge in [0.15, 0.2) is 34.6 Å². The van der Waals surface area contributed by atoms with Crippen molar-refractivity contribution in [2.24, 2.45) is 0 Å². The summed E-state index contributed by atoms with van der Waals surface area (Å²) in [6.07, 6.45) is -3.18. The molecule has 0 radical (unpaired) electrons. The first-order valence-corrected chi connectivity index (χ1v) is 46.0. The number of alkyl halides is 6. The zero-order valence-electron chi connectivity index (χ0n) is 78.1. The smallest absolute Gasteiger partial charge is 0.416 e. The fourth-order valence-electron chi connectivity index (χ4n) is 15.9. The van der Waals surface area contributed by atoms with Crippen LogP contribution >= 0.6 is 23.2 Å². The van der Waals surface area contributed by atoms with E-state index in [9.17, 15) is 79.4 Å². The second kappa shape index (κ2) is 47.3. The van der Waals surface area contributed by atoms with E-state index in [1.807, 2.05) is 141 Å². The van der Waals surface area contributed by atoms with Crippen LogP contribution in [0.15, 0.2) is 334 Å². The molecule has 12 aromatic carbocycles. The molecule has 23 nitrogen and oxygen atoms in total. The first-order chi connectivity index (χ1) is 69.7. The van der Waals surface area contributed by atoms with Crippen LogP contribution in [-0.4, -0.2) is 85.9 Å². The van der Waals surface area contributed by atoms with Crippen molar-refractivity contribution in [3.8, 4) is 0 Å². The lowest BCUT2D eigenvalue weighted by Gasteiger charge is -2.16. The number of aromatic carboxylic acids is 1. The summed E-state index contributed by atoms with van der Waals surface area (Å²) >= 11 is 12.4. The number of aromatic nitrogens is 3. The molecule has 0 saturated carbocycles. The predicted octanol–water partition coefficient (Wildman–Crippen LogP) is 27.6. The maximum Gasteiger partial charge on any atom is 0.416 e. The van der Waals surface area contributed by atoms with E-state index in [2.05, 4.69) is 61.4 Å². The maximum atomic E-state index is 13.0. The van der Waals surface area contributed by atoms with Crippen molar-refractivity contribution >= 4 is 145 Å². The third kappa shape index (κ3) is 26.1. The zero-order valence-corrected chi connectivity index (χ0v) is 79.6. The molecular weight excluding hydrogens is 1910 g/mol. The fourth-order valence-corrected chi connectivity index (χ4v) is 16.3. The van der Waals surface area contributed by atoms with Gasteiger partial charge < -0.3 is 50.6 Å². The second-order valence-corrected chi connectivity index (χ2v) is 33.9. The minimum atomic E-state index is -4.49. The third-order valence-electron chi connectivity index (χ3n) is 23.7. The first kappa shape index (κ1) is 104. The van der Waals surface area contributed by atoms with Gasteiger partial charge in [-0.15, -0.1) is 0 Å². The van der Waals surface area contributed by atoms with E-state index in [4.69, 9.17) is 42.1 Å². The summed E-state index contributed by atoms with van der Waals surface area (Å²) in [4.78, 5) is 136. The van der Waals surface area contributed by atoms with E-state index < -0.39 is 65.5 Å². The lowest BCUT2D eigenvalue weighted by Crippen LogP contribution is -2.11. The Morgan fingerprint density at radius 1 is 0.386 bits per heavy atom. The normalized spacial score (nSPS) is 13.5. The molecule has 3 aliphatic heterocycles. The van der Waals surface area contributed by atoms with Crippen molar-refractivity contribution < 1.29 is 98.3 Å². The summed E-state index contributed by atoms with van der Waals surface area (Å²) in [6, 6.07) is 85.6. The number of carboxylic acids is 1. The van der Waals surface area contributed by atoms with E-state index in [-0.39, 0.29) is 106 Å². The number of nitrogens with zero attached hydrogens (tertiary/aromatic N) is 3. The number of hydrogen-bond donors (Lipinski definition) is 6. The molecule has 0 amide bonds. The highest BCUT2D eigenvalue weighted by Gasteiger charge is 2.38. The van der Waals surface area contributed by atoms with Crippen LogP contribution in [0.3, 0.4) is 0 Å². The second-order valence-electron chi connectivity index (χ2n) is 33.1. The molecule has 145 heavy (non-hydrogen) atoms. The number of esters is 4. The third-order valence-corrected chi connectivity index (χ3v) is 24.5. The molecule has 0 saturated heterocycles. The Morgan fingerprint density at radius 3 is 1.27 bits per heavy atom. The number of carbonyl (C=O) groups excluding carboxylic acids is 9. The molecule has 3 atom stereocenters. The number of benzene rings is 12. The molecule has 6 N–H and O–H groups in total. The van der Waals surface area contributed by atoms with Crippen molar-refractivity contribution in [2.75, 3.05) is 33.7 Å². The number of anilines is 10. The van der Waals surface area contributed by atoms with Crippen LogP contribution in [0.2, 0.25) is 10.0 Å². The summed E-state index contributed by atoms with van der Waals surface area (Å²) in [6.45, 7) is 7.95. The van der Waals surface area contributed by atoms with Gasteiger partial charge >= 0.3 is 42.2 Å². The molecule has 0 fully saturated rings. The van der Waals surface area contributed by atoms with Gasteiger partial charge in [-0.3, -0.25) is 24.0 Å². The first-order valence-electron chi connectivity index (χ1n) is 45.2. The van der Waals surface area contributed by atoms with Gasteiger partial charge in [-0.2, -0.15) is 26.3 Å². The number of ketones is 5. The molecule has 18 rings (SSSR count). The number of halogens is 8. The number of para-hydroxylation sites is 3. The number of fused-ring (bicyclic) bond motifs is 3. The summed E-state index contributed by atoms with van der Waals surface area (Å²) in [5.74, 6) is -3.70. The van der Waals surface area contributed by atoms with Crippen LogP contribution in [0, 0.1) is 27.7 Å². The highest BCUT2D eigenvalue weighted by Crippen LogP contribution is 2.42. The minimum absolute atomic E-state index is 0.0528. The zero-order chi connectivity index (χ0) is 103. The molecule has 6 heterocycles. The number of hydrogen-bond acceptors (Lipinski definition) is 22. The molecule has 0 aliphatic carbocycles. The number of cyclic esters (lactones) is 3. The van der Waals surface area contributed by atoms with E-state index >= 15 is 0 Å². The van der Waals surface area contributed by atoms with Crippen LogP contribution in [-0.2, 0) is 37.7 Å². The lowest BCUT2D eigenvalue weighted by atomic mass is 9.97. The number of methoxy groups -OCH3 is 1. The molecule has 31 heteroatoms. The highest BCUT2D eigenvalue weighted by molar-refractivity contribution is 6.32. The van der Waals surface area contributed by atoms with Crippen LogP contribution < -0.4 is 26.6 Å². The van der Waals surface area contributed by atoms with Gasteiger partial charge in [-0.25, -0.2) is 38.9 Å². The number of carbonyl (C=O) groups is 10. The average molecular weight is 2000 g/mol. The molecular formula is C114H90Cl2F6N8O15.